The lowest BCUT2D eigenvalue weighted by Crippen LogP contribution is -2.21. The Labute approximate surface area is 91.0 Å². The predicted molar refractivity (Wildman–Crippen MR) is 58.4 cm³/mol. The summed E-state index contributed by atoms with van der Waals surface area (Å²) in [5.74, 6) is 0. The normalized spacial score (nSPS) is 13.8. The molecule has 0 fully saturated rings. The number of hydrogen-bond acceptors (Lipinski definition) is 1. The highest BCUT2D eigenvalue weighted by Crippen LogP contribution is 2.24. The van der Waals surface area contributed by atoms with Crippen molar-refractivity contribution in [2.24, 2.45) is 0 Å². The van der Waals surface area contributed by atoms with Gasteiger partial charge in [-0.15, -0.1) is 0 Å². The summed E-state index contributed by atoms with van der Waals surface area (Å²) >= 11 is 0. The Kier molecular flexibility index (Phi) is 4.39. The Morgan fingerprint density at radius 2 is 1.87 bits per heavy atom. The zero-order valence-corrected chi connectivity index (χ0v) is 9.40. The maximum absolute atomic E-state index is 12.9. The first-order chi connectivity index (χ1) is 7.02. The summed E-state index contributed by atoms with van der Waals surface area (Å²) in [5, 5.41) is -3.05. The second-order valence-corrected chi connectivity index (χ2v) is 4.94. The maximum atomic E-state index is 12.9. The van der Waals surface area contributed by atoms with E-state index >= 15 is 0 Å². The van der Waals surface area contributed by atoms with E-state index in [0.29, 0.717) is 12.8 Å². The largest absolute Gasteiger partial charge is 0.320 e. The van der Waals surface area contributed by atoms with Gasteiger partial charge in [0.15, 0.2) is 0 Å². The van der Waals surface area contributed by atoms with Gasteiger partial charge >= 0.3 is 5.25 Å². The molecule has 1 aromatic rings. The van der Waals surface area contributed by atoms with Gasteiger partial charge in [0.05, 0.1) is 10.8 Å². The molecule has 0 radical (unpaired) electrons. The van der Waals surface area contributed by atoms with Crippen LogP contribution in [0, 0.1) is 0 Å². The lowest BCUT2D eigenvalue weighted by molar-refractivity contribution is 0.0871. The number of aryl methyl sites for hydroxylation is 1. The predicted octanol–water partition coefficient (Wildman–Crippen LogP) is 2.98. The van der Waals surface area contributed by atoms with Crippen LogP contribution in [-0.2, 0) is 17.2 Å². The second-order valence-electron chi connectivity index (χ2n) is 3.43. The number of hydrogen-bond donors (Lipinski definition) is 0. The first-order valence-electron chi connectivity index (χ1n) is 4.77. The SMILES string of the molecule is CS(=O)C(F)(F)CCCc1ccccc1. The van der Waals surface area contributed by atoms with Crippen molar-refractivity contribution in [1.82, 2.24) is 0 Å². The van der Waals surface area contributed by atoms with E-state index in [-0.39, 0.29) is 6.42 Å². The molecule has 0 bridgehead atoms. The lowest BCUT2D eigenvalue weighted by Gasteiger charge is -2.12. The van der Waals surface area contributed by atoms with Gasteiger partial charge in [-0.3, -0.25) is 4.21 Å². The molecule has 0 N–H and O–H groups in total. The minimum absolute atomic E-state index is 0.314. The van der Waals surface area contributed by atoms with Crippen molar-refractivity contribution >= 4 is 10.8 Å². The van der Waals surface area contributed by atoms with Crippen LogP contribution in [-0.4, -0.2) is 15.7 Å². The van der Waals surface area contributed by atoms with E-state index in [9.17, 15) is 13.0 Å². The third kappa shape index (κ3) is 4.08. The van der Waals surface area contributed by atoms with Crippen LogP contribution < -0.4 is 0 Å². The molecule has 0 amide bonds. The minimum Gasteiger partial charge on any atom is -0.254 e. The quantitative estimate of drug-likeness (QED) is 0.762. The van der Waals surface area contributed by atoms with Gasteiger partial charge in [-0.1, -0.05) is 30.3 Å². The molecular formula is C11H14F2OS. The first-order valence-corrected chi connectivity index (χ1v) is 6.33. The average molecular weight is 232 g/mol. The fourth-order valence-electron chi connectivity index (χ4n) is 1.29. The minimum atomic E-state index is -3.05. The molecule has 1 nitrogen and oxygen atoms in total. The van der Waals surface area contributed by atoms with E-state index in [2.05, 4.69) is 0 Å². The molecule has 1 rings (SSSR count). The Morgan fingerprint density at radius 3 is 2.40 bits per heavy atom. The van der Waals surface area contributed by atoms with E-state index in [0.717, 1.165) is 11.8 Å². The van der Waals surface area contributed by atoms with Crippen LogP contribution >= 0.6 is 0 Å². The maximum Gasteiger partial charge on any atom is 0.320 e. The Balaban J connectivity index is 2.37. The van der Waals surface area contributed by atoms with Crippen molar-refractivity contribution in [3.63, 3.8) is 0 Å². The molecule has 84 valence electrons. The van der Waals surface area contributed by atoms with Crippen molar-refractivity contribution in [1.29, 1.82) is 0 Å². The Morgan fingerprint density at radius 1 is 1.27 bits per heavy atom. The summed E-state index contributed by atoms with van der Waals surface area (Å²) in [5.41, 5.74) is 1.04. The molecule has 0 aliphatic heterocycles. The van der Waals surface area contributed by atoms with Gasteiger partial charge in [-0.25, -0.2) is 0 Å². The van der Waals surface area contributed by atoms with Gasteiger partial charge in [-0.2, -0.15) is 8.78 Å². The summed E-state index contributed by atoms with van der Waals surface area (Å²) in [6.07, 6.45) is 1.69. The molecule has 0 aromatic heterocycles. The summed E-state index contributed by atoms with van der Waals surface area (Å²) in [6.45, 7) is 0. The highest BCUT2D eigenvalue weighted by molar-refractivity contribution is 7.85. The lowest BCUT2D eigenvalue weighted by atomic mass is 10.1. The Bertz CT molecular complexity index is 325. The molecule has 1 atom stereocenters. The molecule has 0 heterocycles. The molecule has 0 saturated heterocycles. The van der Waals surface area contributed by atoms with Crippen LogP contribution in [0.25, 0.3) is 0 Å². The standard InChI is InChI=1S/C11H14F2OS/c1-15(14)11(12,13)9-5-8-10-6-3-2-4-7-10/h2-4,6-7H,5,8-9H2,1H3. The van der Waals surface area contributed by atoms with Crippen molar-refractivity contribution < 1.29 is 13.0 Å². The Hall–Kier alpha value is -0.770. The zero-order valence-electron chi connectivity index (χ0n) is 8.58. The highest BCUT2D eigenvalue weighted by Gasteiger charge is 2.32. The summed E-state index contributed by atoms with van der Waals surface area (Å²) in [7, 11) is -2.07. The topological polar surface area (TPSA) is 17.1 Å². The molecule has 1 aromatic carbocycles. The van der Waals surface area contributed by atoms with Gasteiger partial charge in [0.1, 0.15) is 0 Å². The molecular weight excluding hydrogens is 218 g/mol. The first kappa shape index (κ1) is 12.3. The van der Waals surface area contributed by atoms with Gasteiger partial charge in [0.25, 0.3) is 0 Å². The fraction of sp³-hybridized carbons (Fsp3) is 0.455. The molecule has 0 saturated carbocycles. The number of halogens is 2. The van der Waals surface area contributed by atoms with Crippen LogP contribution in [0.4, 0.5) is 8.78 Å². The van der Waals surface area contributed by atoms with Crippen LogP contribution in [0.1, 0.15) is 18.4 Å². The van der Waals surface area contributed by atoms with Crippen molar-refractivity contribution in [3.8, 4) is 0 Å². The van der Waals surface area contributed by atoms with E-state index in [1.165, 1.54) is 0 Å². The number of benzene rings is 1. The van der Waals surface area contributed by atoms with Gasteiger partial charge in [0.2, 0.25) is 0 Å². The molecule has 0 aliphatic rings. The third-order valence-corrected chi connectivity index (χ3v) is 3.24. The van der Waals surface area contributed by atoms with Crippen LogP contribution in [0.3, 0.4) is 0 Å². The van der Waals surface area contributed by atoms with Crippen LogP contribution in [0.5, 0.6) is 0 Å². The van der Waals surface area contributed by atoms with Crippen LogP contribution in [0.15, 0.2) is 30.3 Å². The monoisotopic (exact) mass is 232 g/mol. The van der Waals surface area contributed by atoms with E-state index in [1.54, 1.807) is 0 Å². The van der Waals surface area contributed by atoms with Crippen molar-refractivity contribution in [2.75, 3.05) is 6.26 Å². The number of rotatable bonds is 5. The number of alkyl halides is 2. The fourth-order valence-corrected chi connectivity index (χ4v) is 1.72. The van der Waals surface area contributed by atoms with Crippen molar-refractivity contribution in [2.45, 2.75) is 24.5 Å². The molecule has 15 heavy (non-hydrogen) atoms. The summed E-state index contributed by atoms with van der Waals surface area (Å²) in [6, 6.07) is 9.46. The highest BCUT2D eigenvalue weighted by atomic mass is 32.2. The molecule has 0 spiro atoms. The smallest absolute Gasteiger partial charge is 0.254 e. The molecule has 0 aliphatic carbocycles. The molecule has 4 heteroatoms. The van der Waals surface area contributed by atoms with E-state index < -0.39 is 16.1 Å². The summed E-state index contributed by atoms with van der Waals surface area (Å²) in [4.78, 5) is 0. The second kappa shape index (κ2) is 5.35. The van der Waals surface area contributed by atoms with Gasteiger partial charge < -0.3 is 0 Å². The summed E-state index contributed by atoms with van der Waals surface area (Å²) < 4.78 is 36.6. The third-order valence-electron chi connectivity index (χ3n) is 2.20. The van der Waals surface area contributed by atoms with Crippen LogP contribution in [0.2, 0.25) is 0 Å². The van der Waals surface area contributed by atoms with Gasteiger partial charge in [0, 0.05) is 12.7 Å². The molecule has 1 unspecified atom stereocenters. The van der Waals surface area contributed by atoms with Crippen molar-refractivity contribution in [3.05, 3.63) is 35.9 Å². The van der Waals surface area contributed by atoms with E-state index in [4.69, 9.17) is 0 Å². The van der Waals surface area contributed by atoms with E-state index in [1.807, 2.05) is 30.3 Å². The zero-order chi connectivity index (χ0) is 11.3. The average Bonchev–Trinajstić information content (AvgIpc) is 2.19. The van der Waals surface area contributed by atoms with Gasteiger partial charge in [-0.05, 0) is 18.4 Å².